The molecule has 0 saturated carbocycles. The monoisotopic (exact) mass is 431 g/mol. The Hall–Kier alpha value is 0.0364. The number of hydrogen-bond donors (Lipinski definition) is 1. The number of carbonyl (C=O) groups excluding carboxylic acids is 1. The van der Waals surface area contributed by atoms with E-state index in [-0.39, 0.29) is 57.1 Å². The number of aryl methyl sites for hydroxylation is 2. The summed E-state index contributed by atoms with van der Waals surface area (Å²) in [5.74, 6) is -0.156. The number of rotatable bonds is 6. The summed E-state index contributed by atoms with van der Waals surface area (Å²) in [7, 11) is -0.0509. The molecule has 2 aliphatic rings. The van der Waals surface area contributed by atoms with Crippen molar-refractivity contribution < 1.29 is 64.6 Å². The Kier molecular flexibility index (Phi) is 8.20. The Labute approximate surface area is 211 Å². The van der Waals surface area contributed by atoms with Crippen molar-refractivity contribution in [2.75, 3.05) is 31.7 Å². The fourth-order valence-corrected chi connectivity index (χ4v) is 6.09. The van der Waals surface area contributed by atoms with Crippen molar-refractivity contribution in [2.24, 2.45) is 5.41 Å². The van der Waals surface area contributed by atoms with Crippen LogP contribution in [-0.2, 0) is 35.7 Å². The average molecular weight is 432 g/mol. The van der Waals surface area contributed by atoms with Gasteiger partial charge in [-0.1, -0.05) is 19.9 Å². The van der Waals surface area contributed by atoms with Crippen molar-refractivity contribution in [3.8, 4) is 0 Å². The maximum Gasteiger partial charge on any atom is 1.00 e. The Balaban J connectivity index is 0.00000280. The molecule has 2 aliphatic carbocycles. The van der Waals surface area contributed by atoms with Crippen LogP contribution in [0.4, 0.5) is 10.5 Å². The SMILES string of the molecule is CN(C)CC(C)(C)CS(=O)(=O)[N-]C(=O)Nc1c2c(cc3c1CCC3)CCC2.[K+]. The van der Waals surface area contributed by atoms with E-state index in [4.69, 9.17) is 0 Å². The van der Waals surface area contributed by atoms with Crippen LogP contribution in [0.5, 0.6) is 0 Å². The normalized spacial score (nSPS) is 15.8. The second-order valence-electron chi connectivity index (χ2n) is 8.88. The van der Waals surface area contributed by atoms with Gasteiger partial charge in [-0.05, 0) is 86.0 Å². The Morgan fingerprint density at radius 3 is 2.14 bits per heavy atom. The molecule has 150 valence electrons. The van der Waals surface area contributed by atoms with Crippen molar-refractivity contribution in [3.05, 3.63) is 33.0 Å². The van der Waals surface area contributed by atoms with Gasteiger partial charge in [0.1, 0.15) is 0 Å². The number of nitrogens with zero attached hydrogens (tertiary/aromatic N) is 2. The van der Waals surface area contributed by atoms with Gasteiger partial charge in [-0.3, -0.25) is 4.79 Å². The fourth-order valence-electron chi connectivity index (χ4n) is 4.65. The molecule has 1 N–H and O–H groups in total. The van der Waals surface area contributed by atoms with Gasteiger partial charge >= 0.3 is 51.4 Å². The maximum atomic E-state index is 12.5. The first kappa shape index (κ1) is 24.3. The number of urea groups is 1. The summed E-state index contributed by atoms with van der Waals surface area (Å²) in [6.07, 6.45) is 6.07. The fraction of sp³-hybridized carbons (Fsp3) is 0.650. The average Bonchev–Trinajstić information content (AvgIpc) is 3.11. The molecule has 6 nitrogen and oxygen atoms in total. The zero-order valence-corrected chi connectivity index (χ0v) is 21.7. The van der Waals surface area contributed by atoms with Crippen LogP contribution in [0.2, 0.25) is 0 Å². The largest absolute Gasteiger partial charge is 1.00 e. The third-order valence-corrected chi connectivity index (χ3v) is 6.83. The van der Waals surface area contributed by atoms with Crippen LogP contribution in [0.15, 0.2) is 6.07 Å². The van der Waals surface area contributed by atoms with E-state index in [2.05, 4.69) is 16.1 Å². The quantitative estimate of drug-likeness (QED) is 0.665. The molecule has 0 aliphatic heterocycles. The van der Waals surface area contributed by atoms with Crippen molar-refractivity contribution >= 4 is 21.7 Å². The summed E-state index contributed by atoms with van der Waals surface area (Å²) < 4.78 is 28.5. The van der Waals surface area contributed by atoms with E-state index in [1.807, 2.05) is 32.8 Å². The van der Waals surface area contributed by atoms with Crippen molar-refractivity contribution in [2.45, 2.75) is 52.4 Å². The molecule has 3 rings (SSSR count). The second kappa shape index (κ2) is 9.45. The molecule has 1 aromatic rings. The number of carbonyl (C=O) groups is 1. The molecule has 0 aromatic heterocycles. The van der Waals surface area contributed by atoms with E-state index in [0.29, 0.717) is 6.54 Å². The smallest absolute Gasteiger partial charge is 0.423 e. The van der Waals surface area contributed by atoms with E-state index in [1.165, 1.54) is 22.3 Å². The number of anilines is 1. The summed E-state index contributed by atoms with van der Waals surface area (Å²) in [6.45, 7) is 4.34. The standard InChI is InChI=1S/C20H31N3O3S.K/c1-20(2,12-23(3)4)13-27(25,26)22-19(24)21-18-16-9-5-7-14(16)11-15-8-6-10-17(15)18;/h11H,5-10,12-13H2,1-4H3,(H2,21,22,24);/q;+1/p-1. The van der Waals surface area contributed by atoms with Crippen LogP contribution in [-0.4, -0.2) is 45.7 Å². The predicted molar refractivity (Wildman–Crippen MR) is 109 cm³/mol. The molecule has 0 spiro atoms. The molecule has 0 bridgehead atoms. The maximum absolute atomic E-state index is 12.5. The first-order chi connectivity index (χ1) is 12.6. The molecule has 0 atom stereocenters. The van der Waals surface area contributed by atoms with Crippen LogP contribution in [0, 0.1) is 5.41 Å². The van der Waals surface area contributed by atoms with Gasteiger partial charge in [0.2, 0.25) is 0 Å². The van der Waals surface area contributed by atoms with E-state index in [9.17, 15) is 13.2 Å². The van der Waals surface area contributed by atoms with Crippen molar-refractivity contribution in [3.63, 3.8) is 0 Å². The number of amides is 2. The molecule has 0 radical (unpaired) electrons. The Morgan fingerprint density at radius 2 is 1.64 bits per heavy atom. The van der Waals surface area contributed by atoms with Gasteiger partial charge in [0.15, 0.2) is 16.1 Å². The van der Waals surface area contributed by atoms with E-state index in [0.717, 1.165) is 44.2 Å². The van der Waals surface area contributed by atoms with Gasteiger partial charge in [-0.15, -0.1) is 0 Å². The van der Waals surface area contributed by atoms with E-state index in [1.54, 1.807) is 0 Å². The van der Waals surface area contributed by atoms with Crippen LogP contribution >= 0.6 is 0 Å². The predicted octanol–water partition coefficient (Wildman–Crippen LogP) is 0.491. The van der Waals surface area contributed by atoms with E-state index < -0.39 is 21.5 Å². The third-order valence-electron chi connectivity index (χ3n) is 5.24. The van der Waals surface area contributed by atoms with Crippen LogP contribution in [0.1, 0.15) is 48.9 Å². The van der Waals surface area contributed by atoms with Crippen molar-refractivity contribution in [1.82, 2.24) is 4.90 Å². The number of hydrogen-bond acceptors (Lipinski definition) is 4. The summed E-state index contributed by atoms with van der Waals surface area (Å²) in [6, 6.07) is 1.50. The van der Waals surface area contributed by atoms with E-state index >= 15 is 0 Å². The zero-order chi connectivity index (χ0) is 19.8. The zero-order valence-electron chi connectivity index (χ0n) is 17.8. The molecule has 1 aromatic carbocycles. The molecule has 2 amide bonds. The van der Waals surface area contributed by atoms with Crippen LogP contribution < -0.4 is 56.7 Å². The molecule has 0 saturated heterocycles. The summed E-state index contributed by atoms with van der Waals surface area (Å²) in [5.41, 5.74) is 5.27. The van der Waals surface area contributed by atoms with Gasteiger partial charge in [-0.2, -0.15) is 0 Å². The van der Waals surface area contributed by atoms with Gasteiger partial charge in [-0.25, -0.2) is 8.42 Å². The summed E-state index contributed by atoms with van der Waals surface area (Å²) >= 11 is 0. The van der Waals surface area contributed by atoms with Gasteiger partial charge in [0.05, 0.1) is 5.75 Å². The second-order valence-corrected chi connectivity index (χ2v) is 10.5. The first-order valence-electron chi connectivity index (χ1n) is 9.64. The van der Waals surface area contributed by atoms with Crippen LogP contribution in [0.3, 0.4) is 0 Å². The molecule has 28 heavy (non-hydrogen) atoms. The van der Waals surface area contributed by atoms with Gasteiger partial charge in [0, 0.05) is 6.54 Å². The van der Waals surface area contributed by atoms with Gasteiger partial charge in [0.25, 0.3) is 0 Å². The number of sulfonamides is 1. The topological polar surface area (TPSA) is 80.6 Å². The number of fused-ring (bicyclic) bond motifs is 2. The summed E-state index contributed by atoms with van der Waals surface area (Å²) in [4.78, 5) is 14.4. The molecule has 0 fully saturated rings. The molecule has 0 heterocycles. The third kappa shape index (κ3) is 6.03. The molecular weight excluding hydrogens is 401 g/mol. The Morgan fingerprint density at radius 1 is 1.11 bits per heavy atom. The minimum Gasteiger partial charge on any atom is -0.423 e. The molecule has 0 unspecified atom stereocenters. The van der Waals surface area contributed by atoms with Gasteiger partial charge < -0.3 is 14.9 Å². The summed E-state index contributed by atoms with van der Waals surface area (Å²) in [5, 5.41) is 2.83. The number of benzene rings is 1. The Bertz CT molecular complexity index is 818. The van der Waals surface area contributed by atoms with Crippen LogP contribution in [0.25, 0.3) is 4.72 Å². The minimum absolute atomic E-state index is 0. The molecular formula is C20H30KN3O3S. The molecule has 8 heteroatoms. The first-order valence-corrected chi connectivity index (χ1v) is 11.3. The number of nitrogens with one attached hydrogen (secondary N) is 1. The minimum atomic E-state index is -3.85. The van der Waals surface area contributed by atoms with Crippen molar-refractivity contribution in [1.29, 1.82) is 0 Å².